The zero-order chi connectivity index (χ0) is 14.8. The Bertz CT molecular complexity index is 655. The van der Waals surface area contributed by atoms with Gasteiger partial charge >= 0.3 is 0 Å². The highest BCUT2D eigenvalue weighted by Gasteiger charge is 2.17. The number of fused-ring (bicyclic) bond motifs is 1. The molecule has 4 heteroatoms. The first-order valence-electron chi connectivity index (χ1n) is 7.19. The quantitative estimate of drug-likeness (QED) is 0.653. The minimum absolute atomic E-state index is 0.0457. The molecule has 0 amide bonds. The first kappa shape index (κ1) is 14.9. The van der Waals surface area contributed by atoms with Crippen LogP contribution >= 0.6 is 23.2 Å². The molecule has 1 aliphatic carbocycles. The molecule has 3 rings (SSSR count). The van der Waals surface area contributed by atoms with Crippen LogP contribution in [0.4, 0.5) is 0 Å². The maximum atomic E-state index is 6.30. The number of benzene rings is 2. The summed E-state index contributed by atoms with van der Waals surface area (Å²) in [6.45, 7) is 0. The van der Waals surface area contributed by atoms with Crippen molar-refractivity contribution in [2.45, 2.75) is 31.7 Å². The third kappa shape index (κ3) is 3.09. The monoisotopic (exact) mass is 320 g/mol. The molecule has 0 saturated carbocycles. The number of hydrazine groups is 1. The van der Waals surface area contributed by atoms with Crippen LogP contribution in [0, 0.1) is 0 Å². The van der Waals surface area contributed by atoms with Gasteiger partial charge in [0.1, 0.15) is 0 Å². The molecular weight excluding hydrogens is 303 g/mol. The van der Waals surface area contributed by atoms with Gasteiger partial charge in [0.15, 0.2) is 0 Å². The summed E-state index contributed by atoms with van der Waals surface area (Å²) < 4.78 is 0. The molecule has 0 heterocycles. The summed E-state index contributed by atoms with van der Waals surface area (Å²) in [6, 6.07) is 12.3. The molecule has 0 aromatic heterocycles. The van der Waals surface area contributed by atoms with Crippen LogP contribution in [0.25, 0.3) is 0 Å². The van der Waals surface area contributed by atoms with Gasteiger partial charge in [-0.3, -0.25) is 11.3 Å². The summed E-state index contributed by atoms with van der Waals surface area (Å²) in [6.07, 6.45) is 4.44. The van der Waals surface area contributed by atoms with E-state index in [9.17, 15) is 0 Å². The summed E-state index contributed by atoms with van der Waals surface area (Å²) >= 11 is 12.4. The van der Waals surface area contributed by atoms with Crippen LogP contribution < -0.4 is 11.3 Å². The van der Waals surface area contributed by atoms with Gasteiger partial charge in [-0.15, -0.1) is 0 Å². The van der Waals surface area contributed by atoms with Crippen molar-refractivity contribution in [1.29, 1.82) is 0 Å². The van der Waals surface area contributed by atoms with E-state index < -0.39 is 0 Å². The average Bonchev–Trinajstić information content (AvgIpc) is 2.95. The number of rotatable bonds is 4. The molecule has 1 aliphatic rings. The number of aryl methyl sites for hydroxylation is 2. The highest BCUT2D eigenvalue weighted by molar-refractivity contribution is 6.42. The third-order valence-electron chi connectivity index (χ3n) is 4.16. The van der Waals surface area contributed by atoms with Gasteiger partial charge in [0.2, 0.25) is 0 Å². The number of hydrogen-bond acceptors (Lipinski definition) is 2. The Kier molecular flexibility index (Phi) is 4.51. The van der Waals surface area contributed by atoms with Crippen molar-refractivity contribution in [3.63, 3.8) is 0 Å². The molecule has 3 N–H and O–H groups in total. The molecule has 110 valence electrons. The average molecular weight is 321 g/mol. The van der Waals surface area contributed by atoms with Crippen molar-refractivity contribution < 1.29 is 0 Å². The summed E-state index contributed by atoms with van der Waals surface area (Å²) in [5.74, 6) is 5.73. The molecule has 0 bridgehead atoms. The topological polar surface area (TPSA) is 38.0 Å². The lowest BCUT2D eigenvalue weighted by molar-refractivity contribution is 0.552. The van der Waals surface area contributed by atoms with Crippen molar-refractivity contribution in [3.05, 3.63) is 68.7 Å². The SMILES string of the molecule is NNC(Cc1ccc2c(c1)CCC2)c1cccc(Cl)c1Cl. The fourth-order valence-electron chi connectivity index (χ4n) is 3.04. The number of nitrogens with one attached hydrogen (secondary N) is 1. The molecule has 21 heavy (non-hydrogen) atoms. The molecule has 2 nitrogen and oxygen atoms in total. The lowest BCUT2D eigenvalue weighted by Crippen LogP contribution is -2.29. The second-order valence-corrected chi connectivity index (χ2v) is 6.31. The zero-order valence-electron chi connectivity index (χ0n) is 11.7. The van der Waals surface area contributed by atoms with Gasteiger partial charge in [0, 0.05) is 0 Å². The van der Waals surface area contributed by atoms with E-state index >= 15 is 0 Å². The molecule has 0 fully saturated rings. The molecule has 0 aliphatic heterocycles. The Morgan fingerprint density at radius 3 is 2.71 bits per heavy atom. The van der Waals surface area contributed by atoms with Gasteiger partial charge in [-0.1, -0.05) is 53.5 Å². The van der Waals surface area contributed by atoms with E-state index in [1.165, 1.54) is 36.0 Å². The molecule has 2 aromatic carbocycles. The number of hydrogen-bond donors (Lipinski definition) is 2. The summed E-state index contributed by atoms with van der Waals surface area (Å²) in [7, 11) is 0. The van der Waals surface area contributed by atoms with Crippen LogP contribution in [0.2, 0.25) is 10.0 Å². The predicted octanol–water partition coefficient (Wildman–Crippen LogP) is 4.23. The highest BCUT2D eigenvalue weighted by atomic mass is 35.5. The van der Waals surface area contributed by atoms with Gasteiger partial charge in [0.05, 0.1) is 16.1 Å². The van der Waals surface area contributed by atoms with Crippen LogP contribution in [-0.4, -0.2) is 0 Å². The van der Waals surface area contributed by atoms with E-state index in [1.54, 1.807) is 6.07 Å². The predicted molar refractivity (Wildman–Crippen MR) is 88.7 cm³/mol. The lowest BCUT2D eigenvalue weighted by Gasteiger charge is -2.19. The maximum Gasteiger partial charge on any atom is 0.0640 e. The Morgan fingerprint density at radius 1 is 1.10 bits per heavy atom. The van der Waals surface area contributed by atoms with Gasteiger partial charge in [-0.2, -0.15) is 0 Å². The van der Waals surface area contributed by atoms with Gasteiger partial charge in [-0.25, -0.2) is 0 Å². The zero-order valence-corrected chi connectivity index (χ0v) is 13.2. The summed E-state index contributed by atoms with van der Waals surface area (Å²) in [5, 5.41) is 1.13. The van der Waals surface area contributed by atoms with Gasteiger partial charge < -0.3 is 0 Å². The second kappa shape index (κ2) is 6.37. The summed E-state index contributed by atoms with van der Waals surface area (Å²) in [4.78, 5) is 0. The smallest absolute Gasteiger partial charge is 0.0640 e. The lowest BCUT2D eigenvalue weighted by atomic mass is 9.97. The van der Waals surface area contributed by atoms with E-state index in [0.717, 1.165) is 12.0 Å². The highest BCUT2D eigenvalue weighted by Crippen LogP contribution is 2.32. The van der Waals surface area contributed by atoms with E-state index in [1.807, 2.05) is 12.1 Å². The van der Waals surface area contributed by atoms with E-state index in [0.29, 0.717) is 10.0 Å². The minimum Gasteiger partial charge on any atom is -0.271 e. The second-order valence-electron chi connectivity index (χ2n) is 5.52. The van der Waals surface area contributed by atoms with Gasteiger partial charge in [0.25, 0.3) is 0 Å². The Balaban J connectivity index is 1.86. The largest absolute Gasteiger partial charge is 0.271 e. The van der Waals surface area contributed by atoms with Crippen LogP contribution in [0.5, 0.6) is 0 Å². The molecular formula is C17H18Cl2N2. The summed E-state index contributed by atoms with van der Waals surface area (Å²) in [5.41, 5.74) is 8.03. The van der Waals surface area contributed by atoms with Crippen molar-refractivity contribution in [2.24, 2.45) is 5.84 Å². The number of nitrogens with two attached hydrogens (primary N) is 1. The third-order valence-corrected chi connectivity index (χ3v) is 4.99. The first-order valence-corrected chi connectivity index (χ1v) is 7.95. The molecule has 0 saturated heterocycles. The van der Waals surface area contributed by atoms with Crippen LogP contribution in [0.15, 0.2) is 36.4 Å². The molecule has 1 unspecified atom stereocenters. The minimum atomic E-state index is -0.0457. The molecule has 1 atom stereocenters. The molecule has 2 aromatic rings. The van der Waals surface area contributed by atoms with Gasteiger partial charge in [-0.05, 0) is 54.0 Å². The first-order chi connectivity index (χ1) is 10.2. The standard InChI is InChI=1S/C17H18Cl2N2/c18-15-6-2-5-14(17(15)19)16(21-20)10-11-7-8-12-3-1-4-13(12)9-11/h2,5-9,16,21H,1,3-4,10,20H2. The van der Waals surface area contributed by atoms with Crippen molar-refractivity contribution >= 4 is 23.2 Å². The normalized spacial score (nSPS) is 15.0. The van der Waals surface area contributed by atoms with E-state index in [-0.39, 0.29) is 6.04 Å². The van der Waals surface area contributed by atoms with Crippen molar-refractivity contribution in [1.82, 2.24) is 5.43 Å². The fourth-order valence-corrected chi connectivity index (χ4v) is 3.48. The van der Waals surface area contributed by atoms with Crippen LogP contribution in [0.3, 0.4) is 0 Å². The van der Waals surface area contributed by atoms with Crippen molar-refractivity contribution in [2.75, 3.05) is 0 Å². The van der Waals surface area contributed by atoms with E-state index in [4.69, 9.17) is 29.0 Å². The maximum absolute atomic E-state index is 6.30. The van der Waals surface area contributed by atoms with E-state index in [2.05, 4.69) is 23.6 Å². The van der Waals surface area contributed by atoms with Crippen molar-refractivity contribution in [3.8, 4) is 0 Å². The molecule has 0 radical (unpaired) electrons. The van der Waals surface area contributed by atoms with Crippen LogP contribution in [0.1, 0.15) is 34.7 Å². The number of halogens is 2. The molecule has 0 spiro atoms. The van der Waals surface area contributed by atoms with Crippen LogP contribution in [-0.2, 0) is 19.3 Å². The Hall–Kier alpha value is -1.06. The Labute approximate surface area is 135 Å². The Morgan fingerprint density at radius 2 is 1.90 bits per heavy atom. The fraction of sp³-hybridized carbons (Fsp3) is 0.294.